The molecule has 0 bridgehead atoms. The summed E-state index contributed by atoms with van der Waals surface area (Å²) in [5.74, 6) is -1.11. The van der Waals surface area contributed by atoms with Crippen molar-refractivity contribution in [2.24, 2.45) is 0 Å². The first kappa shape index (κ1) is 30.6. The van der Waals surface area contributed by atoms with Crippen molar-refractivity contribution in [2.75, 3.05) is 9.80 Å². The number of aryl methyl sites for hydroxylation is 4. The smallest absolute Gasteiger partial charge is 0.268 e. The highest BCUT2D eigenvalue weighted by Gasteiger charge is 2.40. The van der Waals surface area contributed by atoms with E-state index in [1.54, 1.807) is 22.7 Å². The molecular formula is C38H26N2O4S4. The third kappa shape index (κ3) is 5.12. The van der Waals surface area contributed by atoms with Crippen molar-refractivity contribution in [3.63, 3.8) is 0 Å². The molecule has 10 heteroatoms. The number of carbonyl (C=O) groups is 4. The van der Waals surface area contributed by atoms with Crippen molar-refractivity contribution >= 4 is 92.5 Å². The molecule has 0 atom stereocenters. The average molecular weight is 703 g/mol. The summed E-state index contributed by atoms with van der Waals surface area (Å²) in [4.78, 5) is 62.5. The first-order chi connectivity index (χ1) is 23.0. The molecule has 0 fully saturated rings. The highest BCUT2D eigenvalue weighted by atomic mass is 32.1. The van der Waals surface area contributed by atoms with Gasteiger partial charge in [0.25, 0.3) is 23.6 Å². The molecule has 48 heavy (non-hydrogen) atoms. The van der Waals surface area contributed by atoms with E-state index in [1.807, 2.05) is 113 Å². The topological polar surface area (TPSA) is 74.8 Å². The van der Waals surface area contributed by atoms with Gasteiger partial charge in [-0.25, -0.2) is 9.80 Å². The number of anilines is 2. The van der Waals surface area contributed by atoms with Gasteiger partial charge in [0.2, 0.25) is 0 Å². The van der Waals surface area contributed by atoms with Gasteiger partial charge < -0.3 is 0 Å². The highest BCUT2D eigenvalue weighted by Crippen LogP contribution is 2.43. The Hall–Kier alpha value is -4.74. The highest BCUT2D eigenvalue weighted by molar-refractivity contribution is 7.24. The minimum absolute atomic E-state index is 0.273. The van der Waals surface area contributed by atoms with Crippen LogP contribution in [0.5, 0.6) is 0 Å². The van der Waals surface area contributed by atoms with Gasteiger partial charge in [-0.3, -0.25) is 19.2 Å². The molecule has 236 valence electrons. The SMILES string of the molecule is Cc1cc(C)cc(N2C(=O)c3cc(-c4ccc(/C=C/c5ccc(-c6cc7c(s6)C(=O)N(c6cc(C)cc(C)c6)C7=O)s5)s4)sc3C2=O)c1. The number of imide groups is 2. The van der Waals surface area contributed by atoms with Crippen molar-refractivity contribution in [3.05, 3.63) is 126 Å². The maximum atomic E-state index is 13.3. The van der Waals surface area contributed by atoms with Gasteiger partial charge in [-0.2, -0.15) is 0 Å². The van der Waals surface area contributed by atoms with Crippen LogP contribution in [-0.4, -0.2) is 23.6 Å². The lowest BCUT2D eigenvalue weighted by Gasteiger charge is -2.15. The number of amides is 4. The molecule has 0 N–H and O–H groups in total. The fraction of sp³-hybridized carbons (Fsp3) is 0.105. The Labute approximate surface area is 292 Å². The predicted octanol–water partition coefficient (Wildman–Crippen LogP) is 10.3. The monoisotopic (exact) mass is 702 g/mol. The molecule has 0 spiro atoms. The number of rotatable bonds is 6. The van der Waals surface area contributed by atoms with Gasteiger partial charge >= 0.3 is 0 Å². The van der Waals surface area contributed by atoms with Crippen LogP contribution in [0.25, 0.3) is 31.7 Å². The molecule has 6 heterocycles. The molecule has 2 aliphatic rings. The number of hydrogen-bond acceptors (Lipinski definition) is 8. The Morgan fingerprint density at radius 2 is 0.812 bits per heavy atom. The quantitative estimate of drug-likeness (QED) is 0.162. The van der Waals surface area contributed by atoms with E-state index in [2.05, 4.69) is 0 Å². The molecule has 0 saturated carbocycles. The Morgan fingerprint density at radius 3 is 1.17 bits per heavy atom. The number of carbonyl (C=O) groups excluding carboxylic acids is 4. The molecule has 0 aliphatic carbocycles. The van der Waals surface area contributed by atoms with E-state index in [9.17, 15) is 19.2 Å². The van der Waals surface area contributed by atoms with E-state index in [4.69, 9.17) is 0 Å². The summed E-state index contributed by atoms with van der Waals surface area (Å²) >= 11 is 5.92. The number of hydrogen-bond donors (Lipinski definition) is 0. The van der Waals surface area contributed by atoms with E-state index >= 15 is 0 Å². The van der Waals surface area contributed by atoms with Crippen LogP contribution in [0.1, 0.15) is 72.1 Å². The largest absolute Gasteiger partial charge is 0.276 e. The molecule has 0 saturated heterocycles. The van der Waals surface area contributed by atoms with Crippen molar-refractivity contribution in [1.29, 1.82) is 0 Å². The average Bonchev–Trinajstić information content (AvgIpc) is 3.86. The standard InChI is InChI=1S/C38H26N2O4S4/c1-19-11-20(2)14-23(13-19)39-35(41)27-17-31(47-33(27)37(39)43)29-9-7-25(45-29)5-6-26-8-10-30(46-26)32-18-28-34(48-32)38(44)40(36(28)42)24-15-21(3)12-22(4)16-24/h5-18H,1-4H3/b6-5+. The molecule has 4 aromatic heterocycles. The second-order valence-corrected chi connectivity index (χ2v) is 16.4. The van der Waals surface area contributed by atoms with Gasteiger partial charge in [0.1, 0.15) is 9.75 Å². The van der Waals surface area contributed by atoms with Crippen LogP contribution in [0.2, 0.25) is 0 Å². The molecular weight excluding hydrogens is 677 g/mol. The first-order valence-electron chi connectivity index (χ1n) is 15.1. The fourth-order valence-corrected chi connectivity index (χ4v) is 10.4. The van der Waals surface area contributed by atoms with Gasteiger partial charge in [-0.15, -0.1) is 45.3 Å². The maximum absolute atomic E-state index is 13.3. The van der Waals surface area contributed by atoms with Crippen LogP contribution in [0.3, 0.4) is 0 Å². The van der Waals surface area contributed by atoms with E-state index in [0.29, 0.717) is 32.3 Å². The molecule has 2 aliphatic heterocycles. The van der Waals surface area contributed by atoms with Gasteiger partial charge in [-0.05, 0) is 123 Å². The van der Waals surface area contributed by atoms with Gasteiger partial charge in [0.05, 0.1) is 22.5 Å². The van der Waals surface area contributed by atoms with Crippen LogP contribution in [0.4, 0.5) is 11.4 Å². The Kier molecular flexibility index (Phi) is 7.30. The third-order valence-electron chi connectivity index (χ3n) is 8.21. The normalized spacial score (nSPS) is 14.2. The first-order valence-corrected chi connectivity index (χ1v) is 18.4. The van der Waals surface area contributed by atoms with Gasteiger partial charge in [0.15, 0.2) is 0 Å². The van der Waals surface area contributed by atoms with Gasteiger partial charge in [-0.1, -0.05) is 12.1 Å². The summed E-state index contributed by atoms with van der Waals surface area (Å²) < 4.78 is 0. The van der Waals surface area contributed by atoms with Crippen molar-refractivity contribution in [1.82, 2.24) is 0 Å². The van der Waals surface area contributed by atoms with Crippen molar-refractivity contribution in [3.8, 4) is 19.5 Å². The van der Waals surface area contributed by atoms with Crippen LogP contribution < -0.4 is 9.80 Å². The molecule has 4 amide bonds. The molecule has 8 rings (SSSR count). The zero-order valence-corrected chi connectivity index (χ0v) is 29.5. The molecule has 0 radical (unpaired) electrons. The van der Waals surface area contributed by atoms with E-state index in [-0.39, 0.29) is 23.6 Å². The maximum Gasteiger partial charge on any atom is 0.276 e. The summed E-state index contributed by atoms with van der Waals surface area (Å²) in [7, 11) is 0. The molecule has 2 aromatic carbocycles. The second-order valence-electron chi connectivity index (χ2n) is 12.0. The van der Waals surface area contributed by atoms with Crippen molar-refractivity contribution in [2.45, 2.75) is 27.7 Å². The lowest BCUT2D eigenvalue weighted by Crippen LogP contribution is -2.29. The van der Waals surface area contributed by atoms with E-state index in [1.165, 1.54) is 32.5 Å². The Morgan fingerprint density at radius 1 is 0.438 bits per heavy atom. The predicted molar refractivity (Wildman–Crippen MR) is 198 cm³/mol. The summed E-state index contributed by atoms with van der Waals surface area (Å²) in [5, 5.41) is 0. The number of thiophene rings is 4. The summed E-state index contributed by atoms with van der Waals surface area (Å²) in [6, 6.07) is 23.3. The number of fused-ring (bicyclic) bond motifs is 2. The number of benzene rings is 2. The molecule has 6 nitrogen and oxygen atoms in total. The van der Waals surface area contributed by atoms with Crippen LogP contribution in [-0.2, 0) is 0 Å². The van der Waals surface area contributed by atoms with Crippen LogP contribution in [0, 0.1) is 27.7 Å². The fourth-order valence-electron chi connectivity index (χ4n) is 6.23. The minimum atomic E-state index is -0.281. The summed E-state index contributed by atoms with van der Waals surface area (Å²) in [5.41, 5.74) is 6.14. The zero-order valence-electron chi connectivity index (χ0n) is 26.2. The summed E-state index contributed by atoms with van der Waals surface area (Å²) in [6.07, 6.45) is 4.10. The van der Waals surface area contributed by atoms with Crippen LogP contribution >= 0.6 is 45.3 Å². The molecule has 0 unspecified atom stereocenters. The summed E-state index contributed by atoms with van der Waals surface area (Å²) in [6.45, 7) is 7.82. The Balaban J connectivity index is 0.972. The van der Waals surface area contributed by atoms with E-state index < -0.39 is 0 Å². The zero-order chi connectivity index (χ0) is 33.4. The lowest BCUT2D eigenvalue weighted by molar-refractivity contribution is 0.0911. The van der Waals surface area contributed by atoms with Gasteiger partial charge in [0, 0.05) is 29.3 Å². The lowest BCUT2D eigenvalue weighted by atomic mass is 10.1. The Bertz CT molecular complexity index is 2130. The minimum Gasteiger partial charge on any atom is -0.268 e. The molecule has 6 aromatic rings. The third-order valence-corrected chi connectivity index (χ3v) is 12.9. The van der Waals surface area contributed by atoms with Crippen LogP contribution in [0.15, 0.2) is 72.8 Å². The number of nitrogens with zero attached hydrogens (tertiary/aromatic N) is 2. The van der Waals surface area contributed by atoms with E-state index in [0.717, 1.165) is 51.5 Å². The second kappa shape index (κ2) is 11.5. The van der Waals surface area contributed by atoms with Crippen molar-refractivity contribution < 1.29 is 19.2 Å².